The number of thiazole rings is 1. The number of pyridine rings is 1. The van der Waals surface area contributed by atoms with E-state index >= 15 is 0 Å². The fourth-order valence-electron chi connectivity index (χ4n) is 0.647. The van der Waals surface area contributed by atoms with Gasteiger partial charge in [-0.25, -0.2) is 4.98 Å². The lowest BCUT2D eigenvalue weighted by molar-refractivity contribution is 0.0996. The number of aromatic nitrogens is 2. The van der Waals surface area contributed by atoms with Gasteiger partial charge in [0.2, 0.25) is 0 Å². The van der Waals surface area contributed by atoms with Gasteiger partial charge in [-0.05, 0) is 12.1 Å². The summed E-state index contributed by atoms with van der Waals surface area (Å²) in [4.78, 5) is 17.7. The van der Waals surface area contributed by atoms with E-state index in [2.05, 4.69) is 9.97 Å². The molecule has 0 spiro atoms. The standard InChI is InChI=1S/C5H5N.C4H4N2OS/c1-2-4-6-5-3-1;5-4(7)3-1-8-2-6-3/h1-5H;1-2H,(H2,5,7). The van der Waals surface area contributed by atoms with Crippen LogP contribution in [0.4, 0.5) is 0 Å². The fourth-order valence-corrected chi connectivity index (χ4v) is 1.19. The Morgan fingerprint density at radius 3 is 2.21 bits per heavy atom. The largest absolute Gasteiger partial charge is 0.364 e. The summed E-state index contributed by atoms with van der Waals surface area (Å²) in [6, 6.07) is 5.72. The van der Waals surface area contributed by atoms with Crippen molar-refractivity contribution in [2.45, 2.75) is 0 Å². The van der Waals surface area contributed by atoms with Crippen LogP contribution in [0.3, 0.4) is 0 Å². The Labute approximate surface area is 85.4 Å². The second-order valence-corrected chi connectivity index (χ2v) is 2.98. The van der Waals surface area contributed by atoms with Crippen molar-refractivity contribution in [3.05, 3.63) is 47.2 Å². The molecule has 2 heterocycles. The van der Waals surface area contributed by atoms with Crippen LogP contribution in [0.15, 0.2) is 41.5 Å². The monoisotopic (exact) mass is 207 g/mol. The average Bonchev–Trinajstić information content (AvgIpc) is 2.74. The maximum absolute atomic E-state index is 10.2. The Morgan fingerprint density at radius 2 is 2.00 bits per heavy atom. The van der Waals surface area contributed by atoms with Gasteiger partial charge in [0.1, 0.15) is 5.69 Å². The van der Waals surface area contributed by atoms with E-state index in [9.17, 15) is 4.79 Å². The molecule has 0 aromatic carbocycles. The highest BCUT2D eigenvalue weighted by atomic mass is 32.1. The van der Waals surface area contributed by atoms with E-state index in [0.717, 1.165) is 0 Å². The predicted molar refractivity (Wildman–Crippen MR) is 54.9 cm³/mol. The van der Waals surface area contributed by atoms with Crippen LogP contribution in [0.25, 0.3) is 0 Å². The van der Waals surface area contributed by atoms with Crippen LogP contribution in [-0.2, 0) is 0 Å². The molecule has 5 heteroatoms. The van der Waals surface area contributed by atoms with Crippen LogP contribution < -0.4 is 5.73 Å². The predicted octanol–water partition coefficient (Wildman–Crippen LogP) is 1.32. The van der Waals surface area contributed by atoms with Crippen molar-refractivity contribution < 1.29 is 4.79 Å². The zero-order valence-electron chi connectivity index (χ0n) is 7.33. The van der Waals surface area contributed by atoms with Crippen LogP contribution in [0.1, 0.15) is 10.5 Å². The zero-order valence-corrected chi connectivity index (χ0v) is 8.15. The highest BCUT2D eigenvalue weighted by molar-refractivity contribution is 7.07. The topological polar surface area (TPSA) is 68.9 Å². The van der Waals surface area contributed by atoms with E-state index in [4.69, 9.17) is 5.73 Å². The van der Waals surface area contributed by atoms with Gasteiger partial charge in [0.15, 0.2) is 0 Å². The van der Waals surface area contributed by atoms with Gasteiger partial charge < -0.3 is 5.73 Å². The Kier molecular flexibility index (Phi) is 4.30. The minimum atomic E-state index is -0.466. The van der Waals surface area contributed by atoms with E-state index in [0.29, 0.717) is 5.69 Å². The summed E-state index contributed by atoms with van der Waals surface area (Å²) in [5, 5.41) is 1.61. The second kappa shape index (κ2) is 5.82. The average molecular weight is 207 g/mol. The molecular formula is C9H9N3OS. The van der Waals surface area contributed by atoms with Crippen molar-refractivity contribution in [2.75, 3.05) is 0 Å². The molecule has 0 unspecified atom stereocenters. The van der Waals surface area contributed by atoms with Gasteiger partial charge in [0.25, 0.3) is 5.91 Å². The van der Waals surface area contributed by atoms with E-state index in [-0.39, 0.29) is 0 Å². The van der Waals surface area contributed by atoms with Crippen molar-refractivity contribution in [3.63, 3.8) is 0 Å². The summed E-state index contributed by atoms with van der Waals surface area (Å²) in [6.45, 7) is 0. The molecule has 2 rings (SSSR count). The van der Waals surface area contributed by atoms with Crippen LogP contribution in [0, 0.1) is 0 Å². The number of hydrogen-bond donors (Lipinski definition) is 1. The molecule has 1 amide bonds. The Bertz CT molecular complexity index is 334. The molecule has 0 atom stereocenters. The highest BCUT2D eigenvalue weighted by Gasteiger charge is 1.98. The molecular weight excluding hydrogens is 198 g/mol. The Hall–Kier alpha value is -1.75. The lowest BCUT2D eigenvalue weighted by Crippen LogP contribution is -2.10. The number of carbonyl (C=O) groups excluding carboxylic acids is 1. The maximum Gasteiger partial charge on any atom is 0.268 e. The van der Waals surface area contributed by atoms with Crippen molar-refractivity contribution >= 4 is 17.2 Å². The highest BCUT2D eigenvalue weighted by Crippen LogP contribution is 1.97. The summed E-state index contributed by atoms with van der Waals surface area (Å²) in [5.41, 5.74) is 6.78. The first-order valence-electron chi connectivity index (χ1n) is 3.83. The van der Waals surface area contributed by atoms with Gasteiger partial charge in [-0.15, -0.1) is 11.3 Å². The molecule has 14 heavy (non-hydrogen) atoms. The SMILES string of the molecule is NC(=O)c1cscn1.c1ccncc1. The molecule has 2 N–H and O–H groups in total. The van der Waals surface area contributed by atoms with Crippen molar-refractivity contribution in [1.82, 2.24) is 9.97 Å². The molecule has 2 aromatic rings. The quantitative estimate of drug-likeness (QED) is 0.766. The summed E-state index contributed by atoms with van der Waals surface area (Å²) in [5.74, 6) is -0.466. The molecule has 0 bridgehead atoms. The number of carbonyl (C=O) groups is 1. The number of rotatable bonds is 1. The van der Waals surface area contributed by atoms with Gasteiger partial charge in [-0.3, -0.25) is 9.78 Å². The van der Waals surface area contributed by atoms with Crippen LogP contribution in [-0.4, -0.2) is 15.9 Å². The van der Waals surface area contributed by atoms with Gasteiger partial charge in [-0.2, -0.15) is 0 Å². The van der Waals surface area contributed by atoms with E-state index in [1.165, 1.54) is 11.3 Å². The third-order valence-corrected chi connectivity index (χ3v) is 1.84. The van der Waals surface area contributed by atoms with Gasteiger partial charge in [-0.1, -0.05) is 6.07 Å². The minimum Gasteiger partial charge on any atom is -0.364 e. The number of amides is 1. The first-order chi connectivity index (χ1) is 6.80. The second-order valence-electron chi connectivity index (χ2n) is 2.26. The van der Waals surface area contributed by atoms with Crippen molar-refractivity contribution in [2.24, 2.45) is 5.73 Å². The van der Waals surface area contributed by atoms with Gasteiger partial charge in [0.05, 0.1) is 5.51 Å². The zero-order chi connectivity index (χ0) is 10.2. The van der Waals surface area contributed by atoms with Gasteiger partial charge in [0, 0.05) is 17.8 Å². The summed E-state index contributed by atoms with van der Waals surface area (Å²) in [7, 11) is 0. The minimum absolute atomic E-state index is 0.343. The lowest BCUT2D eigenvalue weighted by Gasteiger charge is -1.79. The third-order valence-electron chi connectivity index (χ3n) is 1.25. The molecule has 0 saturated heterocycles. The van der Waals surface area contributed by atoms with Crippen LogP contribution in [0.5, 0.6) is 0 Å². The number of primary amides is 1. The summed E-state index contributed by atoms with van der Waals surface area (Å²) >= 11 is 1.36. The Balaban J connectivity index is 0.000000146. The Morgan fingerprint density at radius 1 is 1.29 bits per heavy atom. The van der Waals surface area contributed by atoms with E-state index in [1.807, 2.05) is 18.2 Å². The summed E-state index contributed by atoms with van der Waals surface area (Å²) in [6.07, 6.45) is 3.50. The first kappa shape index (κ1) is 10.3. The van der Waals surface area contributed by atoms with E-state index < -0.39 is 5.91 Å². The van der Waals surface area contributed by atoms with Crippen molar-refractivity contribution in [3.8, 4) is 0 Å². The molecule has 0 aliphatic heterocycles. The maximum atomic E-state index is 10.2. The molecule has 0 fully saturated rings. The van der Waals surface area contributed by atoms with E-state index in [1.54, 1.807) is 23.3 Å². The third kappa shape index (κ3) is 3.77. The smallest absolute Gasteiger partial charge is 0.268 e. The molecule has 0 radical (unpaired) electrons. The van der Waals surface area contributed by atoms with Crippen LogP contribution in [0.2, 0.25) is 0 Å². The first-order valence-corrected chi connectivity index (χ1v) is 4.78. The lowest BCUT2D eigenvalue weighted by atomic mass is 10.5. The fraction of sp³-hybridized carbons (Fsp3) is 0. The van der Waals surface area contributed by atoms with Gasteiger partial charge >= 0.3 is 0 Å². The molecule has 0 aliphatic carbocycles. The molecule has 0 saturated carbocycles. The molecule has 2 aromatic heterocycles. The molecule has 4 nitrogen and oxygen atoms in total. The van der Waals surface area contributed by atoms with Crippen molar-refractivity contribution in [1.29, 1.82) is 0 Å². The number of hydrogen-bond acceptors (Lipinski definition) is 4. The molecule has 0 aliphatic rings. The summed E-state index contributed by atoms with van der Waals surface area (Å²) < 4.78 is 0. The number of nitrogens with zero attached hydrogens (tertiary/aromatic N) is 2. The normalized spacial score (nSPS) is 8.57. The number of nitrogens with two attached hydrogens (primary N) is 1. The molecule has 72 valence electrons. The van der Waals surface area contributed by atoms with Crippen LogP contribution >= 0.6 is 11.3 Å².